The van der Waals surface area contributed by atoms with Gasteiger partial charge >= 0.3 is 0 Å². The first-order chi connectivity index (χ1) is 8.08. The van der Waals surface area contributed by atoms with E-state index in [0.717, 1.165) is 12.8 Å². The van der Waals surface area contributed by atoms with Crippen LogP contribution in [0.2, 0.25) is 0 Å². The van der Waals surface area contributed by atoms with Crippen molar-refractivity contribution in [1.29, 1.82) is 0 Å². The van der Waals surface area contributed by atoms with Gasteiger partial charge in [-0.25, -0.2) is 0 Å². The molecule has 1 N–H and O–H groups in total. The van der Waals surface area contributed by atoms with E-state index in [-0.39, 0.29) is 23.8 Å². The minimum Gasteiger partial charge on any atom is -0.353 e. The molecule has 2 aliphatic rings. The Kier molecular flexibility index (Phi) is 3.69. The van der Waals surface area contributed by atoms with Crippen molar-refractivity contribution in [2.75, 3.05) is 6.54 Å². The fourth-order valence-electron chi connectivity index (χ4n) is 2.80. The monoisotopic (exact) mass is 238 g/mol. The van der Waals surface area contributed by atoms with Gasteiger partial charge in [-0.1, -0.05) is 12.8 Å². The molecular formula is C13H22N2O2. The number of hydrogen-bond acceptors (Lipinski definition) is 2. The van der Waals surface area contributed by atoms with Crippen LogP contribution in [0.4, 0.5) is 0 Å². The van der Waals surface area contributed by atoms with Crippen LogP contribution in [0, 0.1) is 5.92 Å². The minimum absolute atomic E-state index is 0.0772. The molecular weight excluding hydrogens is 216 g/mol. The Bertz CT molecular complexity index is 309. The molecule has 0 aromatic carbocycles. The summed E-state index contributed by atoms with van der Waals surface area (Å²) < 4.78 is 0. The highest BCUT2D eigenvalue weighted by Gasteiger charge is 2.36. The highest BCUT2D eigenvalue weighted by molar-refractivity contribution is 5.89. The van der Waals surface area contributed by atoms with Gasteiger partial charge in [-0.05, 0) is 26.7 Å². The molecule has 2 amide bonds. The number of hydrogen-bond donors (Lipinski definition) is 1. The highest BCUT2D eigenvalue weighted by Crippen LogP contribution is 2.22. The Morgan fingerprint density at radius 2 is 2.00 bits per heavy atom. The Morgan fingerprint density at radius 1 is 1.35 bits per heavy atom. The molecule has 1 aliphatic carbocycles. The third-order valence-corrected chi connectivity index (χ3v) is 3.85. The first-order valence-corrected chi connectivity index (χ1v) is 6.67. The maximum atomic E-state index is 12.0. The van der Waals surface area contributed by atoms with Crippen LogP contribution < -0.4 is 5.32 Å². The van der Waals surface area contributed by atoms with Gasteiger partial charge in [0.15, 0.2) is 0 Å². The predicted octanol–water partition coefficient (Wildman–Crippen LogP) is 1.30. The van der Waals surface area contributed by atoms with Gasteiger partial charge in [-0.15, -0.1) is 0 Å². The zero-order valence-corrected chi connectivity index (χ0v) is 10.7. The van der Waals surface area contributed by atoms with Gasteiger partial charge in [0.25, 0.3) is 0 Å². The quantitative estimate of drug-likeness (QED) is 0.805. The smallest absolute Gasteiger partial charge is 0.225 e. The highest BCUT2D eigenvalue weighted by atomic mass is 16.2. The van der Waals surface area contributed by atoms with E-state index in [1.807, 2.05) is 13.8 Å². The van der Waals surface area contributed by atoms with E-state index in [0.29, 0.717) is 19.0 Å². The average Bonchev–Trinajstić information content (AvgIpc) is 2.86. The number of rotatable bonds is 3. The summed E-state index contributed by atoms with van der Waals surface area (Å²) in [5, 5.41) is 3.08. The molecule has 0 aromatic heterocycles. The molecule has 1 aliphatic heterocycles. The predicted molar refractivity (Wildman–Crippen MR) is 65.4 cm³/mol. The fraction of sp³-hybridized carbons (Fsp3) is 0.846. The molecule has 1 unspecified atom stereocenters. The van der Waals surface area contributed by atoms with Crippen molar-refractivity contribution in [3.63, 3.8) is 0 Å². The van der Waals surface area contributed by atoms with Crippen molar-refractivity contribution in [3.05, 3.63) is 0 Å². The summed E-state index contributed by atoms with van der Waals surface area (Å²) in [6.07, 6.45) is 5.01. The summed E-state index contributed by atoms with van der Waals surface area (Å²) >= 11 is 0. The SMILES string of the molecule is CC(C)N1CC(C(=O)NC2CCCC2)CC1=O. The van der Waals surface area contributed by atoms with Crippen molar-refractivity contribution in [3.8, 4) is 0 Å². The molecule has 96 valence electrons. The van der Waals surface area contributed by atoms with E-state index in [1.165, 1.54) is 12.8 Å². The average molecular weight is 238 g/mol. The van der Waals surface area contributed by atoms with Gasteiger partial charge in [-0.2, -0.15) is 0 Å². The Hall–Kier alpha value is -1.06. The van der Waals surface area contributed by atoms with Crippen LogP contribution in [0.25, 0.3) is 0 Å². The maximum absolute atomic E-state index is 12.0. The van der Waals surface area contributed by atoms with Gasteiger partial charge < -0.3 is 10.2 Å². The molecule has 2 rings (SSSR count). The first-order valence-electron chi connectivity index (χ1n) is 6.67. The summed E-state index contributed by atoms with van der Waals surface area (Å²) in [6.45, 7) is 4.58. The molecule has 4 heteroatoms. The van der Waals surface area contributed by atoms with Crippen LogP contribution in [0.1, 0.15) is 46.0 Å². The van der Waals surface area contributed by atoms with Gasteiger partial charge in [0.1, 0.15) is 0 Å². The van der Waals surface area contributed by atoms with E-state index >= 15 is 0 Å². The molecule has 0 radical (unpaired) electrons. The number of likely N-dealkylation sites (tertiary alicyclic amines) is 1. The number of nitrogens with zero attached hydrogens (tertiary/aromatic N) is 1. The van der Waals surface area contributed by atoms with E-state index in [4.69, 9.17) is 0 Å². The zero-order valence-electron chi connectivity index (χ0n) is 10.7. The van der Waals surface area contributed by atoms with Crippen molar-refractivity contribution in [1.82, 2.24) is 10.2 Å². The first kappa shape index (κ1) is 12.4. The summed E-state index contributed by atoms with van der Waals surface area (Å²) in [6, 6.07) is 0.553. The summed E-state index contributed by atoms with van der Waals surface area (Å²) in [4.78, 5) is 25.5. The molecule has 0 spiro atoms. The third-order valence-electron chi connectivity index (χ3n) is 3.85. The van der Waals surface area contributed by atoms with Gasteiger partial charge in [0.05, 0.1) is 5.92 Å². The van der Waals surface area contributed by atoms with Crippen molar-refractivity contribution in [2.24, 2.45) is 5.92 Å². The van der Waals surface area contributed by atoms with Crippen LogP contribution in [0.3, 0.4) is 0 Å². The van der Waals surface area contributed by atoms with E-state index in [9.17, 15) is 9.59 Å². The summed E-state index contributed by atoms with van der Waals surface area (Å²) in [5.74, 6) is 0.0606. The minimum atomic E-state index is -0.134. The van der Waals surface area contributed by atoms with Crippen LogP contribution in [-0.4, -0.2) is 35.3 Å². The lowest BCUT2D eigenvalue weighted by Gasteiger charge is -2.21. The second kappa shape index (κ2) is 5.07. The third kappa shape index (κ3) is 2.79. The summed E-state index contributed by atoms with van der Waals surface area (Å²) in [7, 11) is 0. The number of carbonyl (C=O) groups is 2. The van der Waals surface area contributed by atoms with Gasteiger partial charge in [0, 0.05) is 25.0 Å². The zero-order chi connectivity index (χ0) is 12.4. The van der Waals surface area contributed by atoms with E-state index < -0.39 is 0 Å². The molecule has 2 fully saturated rings. The molecule has 1 saturated carbocycles. The Labute approximate surface area is 103 Å². The van der Waals surface area contributed by atoms with E-state index in [2.05, 4.69) is 5.32 Å². The molecule has 0 bridgehead atoms. The van der Waals surface area contributed by atoms with Crippen molar-refractivity contribution < 1.29 is 9.59 Å². The molecule has 17 heavy (non-hydrogen) atoms. The maximum Gasteiger partial charge on any atom is 0.225 e. The number of nitrogens with one attached hydrogen (secondary N) is 1. The van der Waals surface area contributed by atoms with Crippen LogP contribution in [0.15, 0.2) is 0 Å². The normalized spacial score (nSPS) is 25.9. The largest absolute Gasteiger partial charge is 0.353 e. The molecule has 0 aromatic rings. The van der Waals surface area contributed by atoms with Crippen LogP contribution in [-0.2, 0) is 9.59 Å². The lowest BCUT2D eigenvalue weighted by Crippen LogP contribution is -2.39. The van der Waals surface area contributed by atoms with Crippen LogP contribution in [0.5, 0.6) is 0 Å². The Balaban J connectivity index is 1.86. The van der Waals surface area contributed by atoms with E-state index in [1.54, 1.807) is 4.90 Å². The lowest BCUT2D eigenvalue weighted by molar-refractivity contribution is -0.130. The van der Waals surface area contributed by atoms with Gasteiger partial charge in [0.2, 0.25) is 11.8 Å². The fourth-order valence-corrected chi connectivity index (χ4v) is 2.80. The summed E-state index contributed by atoms with van der Waals surface area (Å²) in [5.41, 5.74) is 0. The topological polar surface area (TPSA) is 49.4 Å². The number of carbonyl (C=O) groups excluding carboxylic acids is 2. The van der Waals surface area contributed by atoms with Crippen LogP contribution >= 0.6 is 0 Å². The second-order valence-corrected chi connectivity index (χ2v) is 5.53. The molecule has 1 heterocycles. The molecule has 1 atom stereocenters. The standard InChI is InChI=1S/C13H22N2O2/c1-9(2)15-8-10(7-12(15)16)13(17)14-11-5-3-4-6-11/h9-11H,3-8H2,1-2H3,(H,14,17). The van der Waals surface area contributed by atoms with Crippen molar-refractivity contribution >= 4 is 11.8 Å². The second-order valence-electron chi connectivity index (χ2n) is 5.53. The molecule has 1 saturated heterocycles. The Morgan fingerprint density at radius 3 is 2.53 bits per heavy atom. The molecule has 4 nitrogen and oxygen atoms in total. The van der Waals surface area contributed by atoms with Crippen molar-refractivity contribution in [2.45, 2.75) is 58.0 Å². The lowest BCUT2D eigenvalue weighted by atomic mass is 10.1. The van der Waals surface area contributed by atoms with Gasteiger partial charge in [-0.3, -0.25) is 9.59 Å². The number of amides is 2.